The molecule has 0 fully saturated rings. The van der Waals surface area contributed by atoms with Crippen LogP contribution in [0.4, 0.5) is 4.39 Å². The van der Waals surface area contributed by atoms with Crippen LogP contribution in [0.1, 0.15) is 31.4 Å². The van der Waals surface area contributed by atoms with Crippen molar-refractivity contribution in [3.05, 3.63) is 41.7 Å². The first-order valence-corrected chi connectivity index (χ1v) is 5.48. The predicted molar refractivity (Wildman–Crippen MR) is 61.9 cm³/mol. The molecule has 0 unspecified atom stereocenters. The van der Waals surface area contributed by atoms with E-state index in [0.717, 1.165) is 5.56 Å². The summed E-state index contributed by atoms with van der Waals surface area (Å²) in [6.07, 6.45) is 0. The number of benzene rings is 1. The van der Waals surface area contributed by atoms with E-state index in [9.17, 15) is 4.39 Å². The summed E-state index contributed by atoms with van der Waals surface area (Å²) in [5.74, 6) is 0.863. The van der Waals surface area contributed by atoms with Gasteiger partial charge in [0, 0.05) is 11.5 Å². The number of aliphatic hydroxyl groups excluding tert-OH is 1. The lowest BCUT2D eigenvalue weighted by Gasteiger charge is -2.03. The van der Waals surface area contributed by atoms with E-state index < -0.39 is 0 Å². The molecular weight excluding hydrogens is 221 g/mol. The topological polar surface area (TPSA) is 46.3 Å². The summed E-state index contributed by atoms with van der Waals surface area (Å²) in [6.45, 7) is 3.73. The zero-order valence-electron chi connectivity index (χ0n) is 9.77. The molecule has 1 aromatic carbocycles. The Balaban J connectivity index is 2.49. The van der Waals surface area contributed by atoms with Crippen LogP contribution >= 0.6 is 0 Å². The molecule has 0 radical (unpaired) electrons. The Labute approximate surface area is 98.9 Å². The SMILES string of the molecule is CC(C)c1oc(CO)nc1-c1ccc(F)cc1. The predicted octanol–water partition coefficient (Wildman–Crippen LogP) is 3.10. The minimum atomic E-state index is -0.286. The van der Waals surface area contributed by atoms with E-state index in [2.05, 4.69) is 4.98 Å². The Morgan fingerprint density at radius 3 is 2.47 bits per heavy atom. The molecular formula is C13H14FNO2. The van der Waals surface area contributed by atoms with Gasteiger partial charge in [0.25, 0.3) is 0 Å². The van der Waals surface area contributed by atoms with Gasteiger partial charge in [-0.1, -0.05) is 13.8 Å². The molecule has 1 aromatic heterocycles. The number of oxazole rings is 1. The van der Waals surface area contributed by atoms with Crippen LogP contribution in [0.15, 0.2) is 28.7 Å². The summed E-state index contributed by atoms with van der Waals surface area (Å²) < 4.78 is 18.3. The van der Waals surface area contributed by atoms with Crippen LogP contribution < -0.4 is 0 Å². The molecule has 0 amide bonds. The van der Waals surface area contributed by atoms with E-state index in [1.807, 2.05) is 13.8 Å². The van der Waals surface area contributed by atoms with Crippen molar-refractivity contribution in [3.8, 4) is 11.3 Å². The van der Waals surface area contributed by atoms with Gasteiger partial charge in [-0.05, 0) is 24.3 Å². The molecule has 1 heterocycles. The second-order valence-electron chi connectivity index (χ2n) is 4.14. The quantitative estimate of drug-likeness (QED) is 0.889. The van der Waals surface area contributed by atoms with Gasteiger partial charge in [0.2, 0.25) is 5.89 Å². The number of aromatic nitrogens is 1. The molecule has 17 heavy (non-hydrogen) atoms. The highest BCUT2D eigenvalue weighted by Crippen LogP contribution is 2.29. The number of halogens is 1. The maximum atomic E-state index is 12.8. The Morgan fingerprint density at radius 1 is 1.29 bits per heavy atom. The minimum absolute atomic E-state index is 0.155. The van der Waals surface area contributed by atoms with Crippen molar-refractivity contribution in [2.75, 3.05) is 0 Å². The molecule has 4 heteroatoms. The van der Waals surface area contributed by atoms with Gasteiger partial charge < -0.3 is 9.52 Å². The van der Waals surface area contributed by atoms with Gasteiger partial charge >= 0.3 is 0 Å². The Bertz CT molecular complexity index is 503. The number of hydrogen-bond acceptors (Lipinski definition) is 3. The van der Waals surface area contributed by atoms with E-state index in [0.29, 0.717) is 11.5 Å². The lowest BCUT2D eigenvalue weighted by Crippen LogP contribution is -1.89. The van der Waals surface area contributed by atoms with Crippen molar-refractivity contribution in [3.63, 3.8) is 0 Å². The monoisotopic (exact) mass is 235 g/mol. The third-order valence-electron chi connectivity index (χ3n) is 2.47. The third-order valence-corrected chi connectivity index (χ3v) is 2.47. The van der Waals surface area contributed by atoms with E-state index in [1.165, 1.54) is 12.1 Å². The van der Waals surface area contributed by atoms with Crippen molar-refractivity contribution >= 4 is 0 Å². The first-order chi connectivity index (χ1) is 8.11. The fraction of sp³-hybridized carbons (Fsp3) is 0.308. The summed E-state index contributed by atoms with van der Waals surface area (Å²) in [6, 6.07) is 6.07. The minimum Gasteiger partial charge on any atom is -0.442 e. The number of nitrogens with zero attached hydrogens (tertiary/aromatic N) is 1. The summed E-state index contributed by atoms with van der Waals surface area (Å²) in [7, 11) is 0. The largest absolute Gasteiger partial charge is 0.442 e. The van der Waals surface area contributed by atoms with E-state index in [1.54, 1.807) is 12.1 Å². The molecule has 0 saturated heterocycles. The van der Waals surface area contributed by atoms with Crippen molar-refractivity contribution in [1.82, 2.24) is 4.98 Å². The van der Waals surface area contributed by atoms with E-state index in [-0.39, 0.29) is 24.2 Å². The fourth-order valence-corrected chi connectivity index (χ4v) is 1.65. The average Bonchev–Trinajstić information content (AvgIpc) is 2.74. The first-order valence-electron chi connectivity index (χ1n) is 5.48. The fourth-order valence-electron chi connectivity index (χ4n) is 1.65. The molecule has 0 aliphatic rings. The number of rotatable bonds is 3. The van der Waals surface area contributed by atoms with Crippen molar-refractivity contribution < 1.29 is 13.9 Å². The Morgan fingerprint density at radius 2 is 1.94 bits per heavy atom. The van der Waals surface area contributed by atoms with Gasteiger partial charge in [-0.3, -0.25) is 0 Å². The highest BCUT2D eigenvalue weighted by Gasteiger charge is 2.17. The molecule has 0 aliphatic heterocycles. The van der Waals surface area contributed by atoms with Crippen molar-refractivity contribution in [2.24, 2.45) is 0 Å². The highest BCUT2D eigenvalue weighted by atomic mass is 19.1. The van der Waals surface area contributed by atoms with Gasteiger partial charge in [-0.15, -0.1) is 0 Å². The second-order valence-corrected chi connectivity index (χ2v) is 4.14. The van der Waals surface area contributed by atoms with E-state index in [4.69, 9.17) is 9.52 Å². The van der Waals surface area contributed by atoms with Crippen molar-refractivity contribution in [1.29, 1.82) is 0 Å². The van der Waals surface area contributed by atoms with Crippen LogP contribution in [0.2, 0.25) is 0 Å². The standard InChI is InChI=1S/C13H14FNO2/c1-8(2)13-12(15-11(7-16)17-13)9-3-5-10(14)6-4-9/h3-6,8,16H,7H2,1-2H3. The van der Waals surface area contributed by atoms with E-state index >= 15 is 0 Å². The van der Waals surface area contributed by atoms with Crippen LogP contribution in [-0.2, 0) is 6.61 Å². The summed E-state index contributed by atoms with van der Waals surface area (Å²) in [4.78, 5) is 4.21. The summed E-state index contributed by atoms with van der Waals surface area (Å²) >= 11 is 0. The number of aliphatic hydroxyl groups is 1. The molecule has 2 aromatic rings. The lowest BCUT2D eigenvalue weighted by atomic mass is 10.0. The zero-order valence-corrected chi connectivity index (χ0v) is 9.77. The smallest absolute Gasteiger partial charge is 0.220 e. The molecule has 0 bridgehead atoms. The normalized spacial score (nSPS) is 11.1. The van der Waals surface area contributed by atoms with Crippen LogP contribution in [0.3, 0.4) is 0 Å². The van der Waals surface area contributed by atoms with Gasteiger partial charge in [0.1, 0.15) is 23.9 Å². The van der Waals surface area contributed by atoms with Gasteiger partial charge in [0.15, 0.2) is 0 Å². The van der Waals surface area contributed by atoms with Gasteiger partial charge in [-0.25, -0.2) is 9.37 Å². The molecule has 0 aliphatic carbocycles. The average molecular weight is 235 g/mol. The molecule has 1 N–H and O–H groups in total. The summed E-state index contributed by atoms with van der Waals surface area (Å²) in [5, 5.41) is 9.03. The lowest BCUT2D eigenvalue weighted by molar-refractivity contribution is 0.235. The van der Waals surface area contributed by atoms with Crippen molar-refractivity contribution in [2.45, 2.75) is 26.4 Å². The molecule has 90 valence electrons. The maximum absolute atomic E-state index is 12.8. The zero-order chi connectivity index (χ0) is 12.4. The van der Waals surface area contributed by atoms with Crippen LogP contribution in [0, 0.1) is 5.82 Å². The maximum Gasteiger partial charge on any atom is 0.220 e. The Kier molecular flexibility index (Phi) is 3.24. The highest BCUT2D eigenvalue weighted by molar-refractivity contribution is 5.61. The second kappa shape index (κ2) is 4.67. The van der Waals surface area contributed by atoms with Crippen LogP contribution in [0.25, 0.3) is 11.3 Å². The third kappa shape index (κ3) is 2.36. The van der Waals surface area contributed by atoms with Crippen LogP contribution in [0.5, 0.6) is 0 Å². The molecule has 2 rings (SSSR count). The molecule has 0 spiro atoms. The first kappa shape index (κ1) is 11.8. The molecule has 0 saturated carbocycles. The Hall–Kier alpha value is -1.68. The number of hydrogen-bond donors (Lipinski definition) is 1. The molecule has 3 nitrogen and oxygen atoms in total. The van der Waals surface area contributed by atoms with Gasteiger partial charge in [0.05, 0.1) is 0 Å². The summed E-state index contributed by atoms with van der Waals surface area (Å²) in [5.41, 5.74) is 1.46. The van der Waals surface area contributed by atoms with Gasteiger partial charge in [-0.2, -0.15) is 0 Å². The van der Waals surface area contributed by atoms with Crippen LogP contribution in [-0.4, -0.2) is 10.1 Å². The molecule has 0 atom stereocenters.